The highest BCUT2D eigenvalue weighted by Crippen LogP contribution is 2.33. The molecule has 1 aliphatic heterocycles. The molecule has 1 unspecified atom stereocenters. The van der Waals surface area contributed by atoms with Crippen molar-refractivity contribution in [3.63, 3.8) is 0 Å². The number of benzene rings is 1. The highest BCUT2D eigenvalue weighted by Gasteiger charge is 2.41. The van der Waals surface area contributed by atoms with E-state index in [-0.39, 0.29) is 13.0 Å². The Morgan fingerprint density at radius 3 is 2.37 bits per heavy atom. The summed E-state index contributed by atoms with van der Waals surface area (Å²) in [6.45, 7) is 5.56. The summed E-state index contributed by atoms with van der Waals surface area (Å²) in [6.07, 6.45) is -3.15. The molecule has 0 amide bonds. The van der Waals surface area contributed by atoms with Gasteiger partial charge in [0.1, 0.15) is 0 Å². The zero-order chi connectivity index (χ0) is 14.0. The van der Waals surface area contributed by atoms with E-state index in [1.807, 2.05) is 18.7 Å². The molecule has 2 rings (SSSR count). The van der Waals surface area contributed by atoms with Crippen molar-refractivity contribution in [3.8, 4) is 0 Å². The molecule has 4 heteroatoms. The lowest BCUT2D eigenvalue weighted by Gasteiger charge is -2.33. The molecular weight excluding hydrogens is 251 g/mol. The zero-order valence-corrected chi connectivity index (χ0v) is 11.4. The topological polar surface area (TPSA) is 3.24 Å². The largest absolute Gasteiger partial charge is 0.393 e. The molecule has 1 aliphatic rings. The fourth-order valence-corrected chi connectivity index (χ4v) is 2.88. The van der Waals surface area contributed by atoms with E-state index >= 15 is 0 Å². The summed E-state index contributed by atoms with van der Waals surface area (Å²) in [5, 5.41) is 0. The number of alkyl halides is 3. The van der Waals surface area contributed by atoms with Gasteiger partial charge in [0.15, 0.2) is 0 Å². The fraction of sp³-hybridized carbons (Fsp3) is 0.600. The smallest absolute Gasteiger partial charge is 0.298 e. The number of halogens is 3. The molecule has 0 bridgehead atoms. The lowest BCUT2D eigenvalue weighted by atomic mass is 9.97. The predicted molar refractivity (Wildman–Crippen MR) is 70.0 cm³/mol. The SMILES string of the molecule is Cc1cc(C)cc(CN2CCCC(C(F)(F)F)C2)c1. The lowest BCUT2D eigenvalue weighted by molar-refractivity contribution is -0.187. The first-order valence-electron chi connectivity index (χ1n) is 6.71. The van der Waals surface area contributed by atoms with E-state index in [1.54, 1.807) is 0 Å². The minimum absolute atomic E-state index is 0.135. The molecular formula is C15H20F3N. The van der Waals surface area contributed by atoms with Crippen LogP contribution in [0.5, 0.6) is 0 Å². The first kappa shape index (κ1) is 14.4. The molecule has 0 radical (unpaired) electrons. The van der Waals surface area contributed by atoms with Gasteiger partial charge in [0.05, 0.1) is 5.92 Å². The van der Waals surface area contributed by atoms with Gasteiger partial charge >= 0.3 is 6.18 Å². The summed E-state index contributed by atoms with van der Waals surface area (Å²) in [5.41, 5.74) is 3.44. The van der Waals surface area contributed by atoms with E-state index in [0.29, 0.717) is 13.0 Å². The number of nitrogens with zero attached hydrogens (tertiary/aromatic N) is 1. The molecule has 1 saturated heterocycles. The number of rotatable bonds is 2. The Hall–Kier alpha value is -1.03. The second-order valence-corrected chi connectivity index (χ2v) is 5.61. The van der Waals surface area contributed by atoms with Gasteiger partial charge in [-0.05, 0) is 38.8 Å². The van der Waals surface area contributed by atoms with Crippen LogP contribution < -0.4 is 0 Å². The Morgan fingerprint density at radius 1 is 1.16 bits per heavy atom. The van der Waals surface area contributed by atoms with Crippen molar-refractivity contribution in [2.45, 2.75) is 39.4 Å². The number of likely N-dealkylation sites (tertiary alicyclic amines) is 1. The quantitative estimate of drug-likeness (QED) is 0.783. The molecule has 0 saturated carbocycles. The van der Waals surface area contributed by atoms with E-state index in [0.717, 1.165) is 12.1 Å². The van der Waals surface area contributed by atoms with Gasteiger partial charge in [0, 0.05) is 13.1 Å². The van der Waals surface area contributed by atoms with Crippen LogP contribution in [0.4, 0.5) is 13.2 Å². The highest BCUT2D eigenvalue weighted by molar-refractivity contribution is 5.28. The summed E-state index contributed by atoms with van der Waals surface area (Å²) in [6, 6.07) is 6.20. The molecule has 0 aromatic heterocycles. The minimum atomic E-state index is -4.05. The fourth-order valence-electron chi connectivity index (χ4n) is 2.88. The van der Waals surface area contributed by atoms with E-state index in [9.17, 15) is 13.2 Å². The van der Waals surface area contributed by atoms with E-state index in [4.69, 9.17) is 0 Å². The van der Waals surface area contributed by atoms with Crippen molar-refractivity contribution in [1.29, 1.82) is 0 Å². The van der Waals surface area contributed by atoms with Gasteiger partial charge in [-0.25, -0.2) is 0 Å². The summed E-state index contributed by atoms with van der Waals surface area (Å²) >= 11 is 0. The van der Waals surface area contributed by atoms with Crippen LogP contribution in [0.15, 0.2) is 18.2 Å². The number of piperidine rings is 1. The van der Waals surface area contributed by atoms with Crippen molar-refractivity contribution in [2.24, 2.45) is 5.92 Å². The second kappa shape index (κ2) is 5.53. The summed E-state index contributed by atoms with van der Waals surface area (Å²) in [4.78, 5) is 1.93. The molecule has 1 aromatic carbocycles. The van der Waals surface area contributed by atoms with E-state index < -0.39 is 12.1 Å². The van der Waals surface area contributed by atoms with Crippen LogP contribution in [-0.2, 0) is 6.54 Å². The summed E-state index contributed by atoms with van der Waals surface area (Å²) in [7, 11) is 0. The van der Waals surface area contributed by atoms with Crippen LogP contribution in [0.25, 0.3) is 0 Å². The van der Waals surface area contributed by atoms with E-state index in [2.05, 4.69) is 18.2 Å². The average Bonchev–Trinajstić information content (AvgIpc) is 2.26. The molecule has 0 N–H and O–H groups in total. The maximum atomic E-state index is 12.8. The Kier molecular flexibility index (Phi) is 4.19. The minimum Gasteiger partial charge on any atom is -0.298 e. The lowest BCUT2D eigenvalue weighted by Crippen LogP contribution is -2.41. The maximum absolute atomic E-state index is 12.8. The van der Waals surface area contributed by atoms with Crippen molar-refractivity contribution >= 4 is 0 Å². The third kappa shape index (κ3) is 3.96. The standard InChI is InChI=1S/C15H20F3N/c1-11-6-12(2)8-13(7-11)9-19-5-3-4-14(10-19)15(16,17)18/h6-8,14H,3-5,9-10H2,1-2H3. The van der Waals surface area contributed by atoms with Crippen LogP contribution in [-0.4, -0.2) is 24.2 Å². The number of hydrogen-bond donors (Lipinski definition) is 0. The first-order chi connectivity index (χ1) is 8.84. The van der Waals surface area contributed by atoms with Crippen LogP contribution in [0, 0.1) is 19.8 Å². The van der Waals surface area contributed by atoms with Crippen LogP contribution in [0.2, 0.25) is 0 Å². The maximum Gasteiger partial charge on any atom is 0.393 e. The number of aryl methyl sites for hydroxylation is 2. The van der Waals surface area contributed by atoms with Crippen molar-refractivity contribution in [1.82, 2.24) is 4.90 Å². The Balaban J connectivity index is 2.02. The first-order valence-corrected chi connectivity index (χ1v) is 6.71. The van der Waals surface area contributed by atoms with Crippen molar-refractivity contribution in [3.05, 3.63) is 34.9 Å². The zero-order valence-electron chi connectivity index (χ0n) is 11.4. The third-order valence-electron chi connectivity index (χ3n) is 3.66. The second-order valence-electron chi connectivity index (χ2n) is 5.61. The van der Waals surface area contributed by atoms with Gasteiger partial charge in [-0.3, -0.25) is 4.90 Å². The molecule has 1 fully saturated rings. The van der Waals surface area contributed by atoms with Gasteiger partial charge in [-0.15, -0.1) is 0 Å². The molecule has 19 heavy (non-hydrogen) atoms. The van der Waals surface area contributed by atoms with Crippen molar-refractivity contribution < 1.29 is 13.2 Å². The predicted octanol–water partition coefficient (Wildman–Crippen LogP) is 4.08. The normalized spacial score (nSPS) is 21.6. The summed E-state index contributed by atoms with van der Waals surface area (Å²) < 4.78 is 38.3. The number of hydrogen-bond acceptors (Lipinski definition) is 1. The molecule has 0 aliphatic carbocycles. The third-order valence-corrected chi connectivity index (χ3v) is 3.66. The Morgan fingerprint density at radius 2 is 1.79 bits per heavy atom. The Bertz CT molecular complexity index is 419. The monoisotopic (exact) mass is 271 g/mol. The highest BCUT2D eigenvalue weighted by atomic mass is 19.4. The molecule has 1 aromatic rings. The molecule has 1 atom stereocenters. The molecule has 106 valence electrons. The van der Waals surface area contributed by atoms with Gasteiger partial charge in [0.2, 0.25) is 0 Å². The molecule has 1 heterocycles. The average molecular weight is 271 g/mol. The summed E-state index contributed by atoms with van der Waals surface area (Å²) in [5.74, 6) is -1.16. The van der Waals surface area contributed by atoms with Gasteiger partial charge < -0.3 is 0 Å². The molecule has 0 spiro atoms. The van der Waals surface area contributed by atoms with Crippen molar-refractivity contribution in [2.75, 3.05) is 13.1 Å². The van der Waals surface area contributed by atoms with Crippen LogP contribution in [0.1, 0.15) is 29.5 Å². The van der Waals surface area contributed by atoms with Gasteiger partial charge in [-0.2, -0.15) is 13.2 Å². The van der Waals surface area contributed by atoms with Gasteiger partial charge in [-0.1, -0.05) is 29.3 Å². The molecule has 1 nitrogen and oxygen atoms in total. The van der Waals surface area contributed by atoms with E-state index in [1.165, 1.54) is 11.1 Å². The van der Waals surface area contributed by atoms with Crippen LogP contribution in [0.3, 0.4) is 0 Å². The van der Waals surface area contributed by atoms with Crippen LogP contribution >= 0.6 is 0 Å². The Labute approximate surface area is 112 Å². The van der Waals surface area contributed by atoms with Gasteiger partial charge in [0.25, 0.3) is 0 Å².